The van der Waals surface area contributed by atoms with Crippen LogP contribution in [0.25, 0.3) is 32.6 Å². The molecule has 0 aliphatic carbocycles. The number of benzene rings is 2. The quantitative estimate of drug-likeness (QED) is 0.437. The Kier molecular flexibility index (Phi) is 3.62. The molecule has 0 atom stereocenters. The van der Waals surface area contributed by atoms with Gasteiger partial charge in [0.15, 0.2) is 0 Å². The van der Waals surface area contributed by atoms with Gasteiger partial charge in [-0.1, -0.05) is 18.2 Å². The molecule has 0 N–H and O–H groups in total. The summed E-state index contributed by atoms with van der Waals surface area (Å²) in [5, 5.41) is 4.67. The topological polar surface area (TPSA) is 30.7 Å². The number of hydrogen-bond acceptors (Lipinski definition) is 3. The number of aromatic nitrogens is 3. The molecule has 0 saturated carbocycles. The average Bonchev–Trinajstić information content (AvgIpc) is 3.35. The van der Waals surface area contributed by atoms with E-state index in [-0.39, 0.29) is 0 Å². The Balaban J connectivity index is 1.72. The minimum Gasteiger partial charge on any atom is -0.268 e. The first kappa shape index (κ1) is 16.5. The molecule has 2 aromatic carbocycles. The van der Waals surface area contributed by atoms with Crippen LogP contribution in [0.15, 0.2) is 48.0 Å². The lowest BCUT2D eigenvalue weighted by Gasteiger charge is -2.10. The van der Waals surface area contributed by atoms with Crippen molar-refractivity contribution in [1.82, 2.24) is 14.8 Å². The fraction of sp³-hybridized carbons (Fsp3) is 0.200. The predicted molar refractivity (Wildman–Crippen MR) is 99.6 cm³/mol. The maximum absolute atomic E-state index is 13.2. The van der Waals surface area contributed by atoms with Gasteiger partial charge in [0.1, 0.15) is 5.69 Å². The molecule has 7 heteroatoms. The highest BCUT2D eigenvalue weighted by atomic mass is 32.1. The van der Waals surface area contributed by atoms with E-state index in [1.54, 1.807) is 22.9 Å². The molecule has 0 fully saturated rings. The second-order valence-corrected chi connectivity index (χ2v) is 7.50. The van der Waals surface area contributed by atoms with Gasteiger partial charge in [-0.3, -0.25) is 4.68 Å². The fourth-order valence-corrected chi connectivity index (χ4v) is 4.41. The van der Waals surface area contributed by atoms with Gasteiger partial charge in [-0.2, -0.15) is 18.3 Å². The van der Waals surface area contributed by atoms with Crippen LogP contribution in [0.5, 0.6) is 0 Å². The summed E-state index contributed by atoms with van der Waals surface area (Å²) in [5.41, 5.74) is 6.16. The molecule has 1 aliphatic rings. The molecular formula is C20H14F3N3S. The predicted octanol–water partition coefficient (Wildman–Crippen LogP) is 5.79. The molecule has 0 spiro atoms. The Morgan fingerprint density at radius 2 is 1.93 bits per heavy atom. The number of rotatable bonds is 2. The molecule has 2 aromatic heterocycles. The Hall–Kier alpha value is -2.67. The third-order valence-corrected chi connectivity index (χ3v) is 5.72. The highest BCUT2D eigenvalue weighted by Crippen LogP contribution is 2.40. The van der Waals surface area contributed by atoms with Crippen molar-refractivity contribution < 1.29 is 13.2 Å². The minimum atomic E-state index is -4.37. The first-order chi connectivity index (χ1) is 13.0. The van der Waals surface area contributed by atoms with Crippen molar-refractivity contribution in [2.45, 2.75) is 25.6 Å². The monoisotopic (exact) mass is 385 g/mol. The summed E-state index contributed by atoms with van der Waals surface area (Å²) in [6.07, 6.45) is -2.50. The van der Waals surface area contributed by atoms with E-state index in [9.17, 15) is 13.2 Å². The van der Waals surface area contributed by atoms with E-state index >= 15 is 0 Å². The molecule has 0 amide bonds. The normalized spacial score (nSPS) is 14.0. The Morgan fingerprint density at radius 1 is 1.04 bits per heavy atom. The maximum Gasteiger partial charge on any atom is 0.416 e. The van der Waals surface area contributed by atoms with Crippen LogP contribution in [0.3, 0.4) is 0 Å². The smallest absolute Gasteiger partial charge is 0.268 e. The van der Waals surface area contributed by atoms with E-state index in [0.29, 0.717) is 11.3 Å². The summed E-state index contributed by atoms with van der Waals surface area (Å²) in [7, 11) is 0. The van der Waals surface area contributed by atoms with Crippen molar-refractivity contribution in [2.75, 3.05) is 0 Å². The molecule has 1 aliphatic heterocycles. The number of thiazole rings is 1. The number of nitrogens with zero attached hydrogens (tertiary/aromatic N) is 3. The van der Waals surface area contributed by atoms with Crippen molar-refractivity contribution in [2.24, 2.45) is 0 Å². The number of halogens is 3. The number of fused-ring (bicyclic) bond motifs is 2. The summed E-state index contributed by atoms with van der Waals surface area (Å²) in [4.78, 5) is 4.31. The molecule has 4 aromatic rings. The maximum atomic E-state index is 13.2. The molecular weight excluding hydrogens is 371 g/mol. The summed E-state index contributed by atoms with van der Waals surface area (Å²) in [6.45, 7) is 0.796. The Bertz CT molecular complexity index is 1160. The molecule has 27 heavy (non-hydrogen) atoms. The second kappa shape index (κ2) is 5.92. The molecule has 136 valence electrons. The van der Waals surface area contributed by atoms with Crippen LogP contribution in [-0.4, -0.2) is 14.8 Å². The molecule has 0 radical (unpaired) electrons. The van der Waals surface area contributed by atoms with Gasteiger partial charge in [0.2, 0.25) is 0 Å². The molecule has 0 unspecified atom stereocenters. The van der Waals surface area contributed by atoms with Crippen LogP contribution in [0.2, 0.25) is 0 Å². The van der Waals surface area contributed by atoms with Gasteiger partial charge in [0, 0.05) is 23.4 Å². The van der Waals surface area contributed by atoms with Crippen LogP contribution in [-0.2, 0) is 19.1 Å². The zero-order valence-corrected chi connectivity index (χ0v) is 14.9. The number of aryl methyl sites for hydroxylation is 1. The Morgan fingerprint density at radius 3 is 2.78 bits per heavy atom. The minimum absolute atomic E-state index is 0.492. The van der Waals surface area contributed by atoms with E-state index < -0.39 is 11.7 Å². The zero-order valence-electron chi connectivity index (χ0n) is 14.1. The largest absolute Gasteiger partial charge is 0.416 e. The van der Waals surface area contributed by atoms with E-state index in [4.69, 9.17) is 0 Å². The van der Waals surface area contributed by atoms with Crippen molar-refractivity contribution in [3.63, 3.8) is 0 Å². The van der Waals surface area contributed by atoms with Gasteiger partial charge in [-0.05, 0) is 42.7 Å². The lowest BCUT2D eigenvalue weighted by atomic mass is 9.97. The van der Waals surface area contributed by atoms with Crippen molar-refractivity contribution in [3.8, 4) is 22.4 Å². The first-order valence-electron chi connectivity index (χ1n) is 8.61. The van der Waals surface area contributed by atoms with Crippen LogP contribution in [0.4, 0.5) is 13.2 Å². The SMILES string of the molecule is FC(F)(F)c1cccc(-c2nn3c(c2-c2ccc4ncsc4c2)CCC3)c1. The highest BCUT2D eigenvalue weighted by molar-refractivity contribution is 7.16. The van der Waals surface area contributed by atoms with Crippen molar-refractivity contribution in [1.29, 1.82) is 0 Å². The van der Waals surface area contributed by atoms with Gasteiger partial charge >= 0.3 is 6.18 Å². The van der Waals surface area contributed by atoms with E-state index in [0.717, 1.165) is 52.5 Å². The lowest BCUT2D eigenvalue weighted by Crippen LogP contribution is -2.04. The molecule has 0 saturated heterocycles. The fourth-order valence-electron chi connectivity index (χ4n) is 3.69. The van der Waals surface area contributed by atoms with E-state index in [2.05, 4.69) is 16.1 Å². The van der Waals surface area contributed by atoms with Gasteiger partial charge in [-0.15, -0.1) is 11.3 Å². The van der Waals surface area contributed by atoms with Crippen LogP contribution in [0.1, 0.15) is 17.7 Å². The third-order valence-electron chi connectivity index (χ3n) is 4.92. The number of alkyl halides is 3. The van der Waals surface area contributed by atoms with Gasteiger partial charge < -0.3 is 0 Å². The van der Waals surface area contributed by atoms with E-state index in [1.807, 2.05) is 16.8 Å². The van der Waals surface area contributed by atoms with Crippen molar-refractivity contribution in [3.05, 3.63) is 59.2 Å². The zero-order chi connectivity index (χ0) is 18.6. The lowest BCUT2D eigenvalue weighted by molar-refractivity contribution is -0.137. The highest BCUT2D eigenvalue weighted by Gasteiger charge is 2.31. The summed E-state index contributed by atoms with van der Waals surface area (Å²) >= 11 is 1.55. The first-order valence-corrected chi connectivity index (χ1v) is 9.49. The summed E-state index contributed by atoms with van der Waals surface area (Å²) < 4.78 is 42.5. The second-order valence-electron chi connectivity index (χ2n) is 6.61. The van der Waals surface area contributed by atoms with Gasteiger partial charge in [0.05, 0.1) is 21.3 Å². The number of hydrogen-bond donors (Lipinski definition) is 0. The van der Waals surface area contributed by atoms with Gasteiger partial charge in [-0.25, -0.2) is 4.98 Å². The average molecular weight is 385 g/mol. The van der Waals surface area contributed by atoms with E-state index in [1.165, 1.54) is 12.1 Å². The molecule has 5 rings (SSSR count). The van der Waals surface area contributed by atoms with Crippen LogP contribution < -0.4 is 0 Å². The van der Waals surface area contributed by atoms with Gasteiger partial charge in [0.25, 0.3) is 0 Å². The standard InChI is InChI=1S/C20H14F3N3S/c21-20(22,23)14-4-1-3-13(9-14)19-18(16-5-2-8-26(16)25-19)12-6-7-15-17(10-12)27-11-24-15/h1,3-4,6-7,9-11H,2,5,8H2. The van der Waals surface area contributed by atoms with Crippen molar-refractivity contribution >= 4 is 21.6 Å². The molecule has 0 bridgehead atoms. The third kappa shape index (κ3) is 2.73. The summed E-state index contributed by atoms with van der Waals surface area (Å²) in [6, 6.07) is 11.4. The van der Waals surface area contributed by atoms with Crippen LogP contribution >= 0.6 is 11.3 Å². The van der Waals surface area contributed by atoms with Crippen LogP contribution in [0, 0.1) is 0 Å². The molecule has 3 nitrogen and oxygen atoms in total. The Labute approximate surface area is 157 Å². The summed E-state index contributed by atoms with van der Waals surface area (Å²) in [5.74, 6) is 0. The molecule has 3 heterocycles.